The van der Waals surface area contributed by atoms with E-state index in [1.807, 2.05) is 0 Å². The van der Waals surface area contributed by atoms with E-state index in [1.165, 1.54) is 0 Å². The monoisotopic (exact) mass is 350 g/mol. The fourth-order valence-corrected chi connectivity index (χ4v) is 2.18. The van der Waals surface area contributed by atoms with Gasteiger partial charge in [0, 0.05) is 0 Å². The zero-order valence-corrected chi connectivity index (χ0v) is 13.1. The number of aryl methyl sites for hydroxylation is 1. The molecule has 9 heteroatoms. The average Bonchev–Trinajstić information content (AvgIpc) is 2.96. The largest absolute Gasteiger partial charge is 0.437 e. The van der Waals surface area contributed by atoms with Crippen molar-refractivity contribution in [3.8, 4) is 23.5 Å². The molecule has 0 radical (unpaired) electrons. The Kier molecular flexibility index (Phi) is 5.44. The third-order valence-corrected chi connectivity index (χ3v) is 3.19. The van der Waals surface area contributed by atoms with E-state index in [0.29, 0.717) is 6.42 Å². The Morgan fingerprint density at radius 3 is 2.60 bits per heavy atom. The molecule has 0 aliphatic heterocycles. The topological polar surface area (TPSA) is 82.5 Å². The Morgan fingerprint density at radius 2 is 2.08 bits per heavy atom. The number of hydrogen-bond donors (Lipinski definition) is 1. The first-order valence-electron chi connectivity index (χ1n) is 7.06. The molecule has 0 saturated carbocycles. The quantitative estimate of drug-likeness (QED) is 0.398. The second kappa shape index (κ2) is 7.53. The van der Waals surface area contributed by atoms with Gasteiger partial charge >= 0.3 is 6.09 Å². The van der Waals surface area contributed by atoms with E-state index in [2.05, 4.69) is 16.0 Å². The lowest BCUT2D eigenvalue weighted by atomic mass is 10.0. The summed E-state index contributed by atoms with van der Waals surface area (Å²) in [5.41, 5.74) is 5.64. The molecule has 130 valence electrons. The van der Waals surface area contributed by atoms with Gasteiger partial charge in [0.25, 0.3) is 0 Å². The Balaban J connectivity index is 2.70. The minimum Gasteiger partial charge on any atom is -0.435 e. The normalized spacial score (nSPS) is 10.8. The van der Waals surface area contributed by atoms with Crippen molar-refractivity contribution in [1.29, 1.82) is 0 Å². The van der Waals surface area contributed by atoms with Crippen molar-refractivity contribution in [2.75, 3.05) is 6.61 Å². The van der Waals surface area contributed by atoms with Gasteiger partial charge in [0.1, 0.15) is 0 Å². The zero-order valence-electron chi connectivity index (χ0n) is 13.1. The lowest BCUT2D eigenvalue weighted by Crippen LogP contribution is -2.15. The number of ether oxygens (including phenoxy) is 1. The number of hydrogen-bond acceptors (Lipinski definition) is 4. The third-order valence-electron chi connectivity index (χ3n) is 3.19. The minimum absolute atomic E-state index is 0.0511. The Morgan fingerprint density at radius 1 is 1.44 bits per heavy atom. The minimum atomic E-state index is -1.61. The van der Waals surface area contributed by atoms with E-state index < -0.39 is 23.5 Å². The number of halogens is 3. The van der Waals surface area contributed by atoms with Gasteiger partial charge in [-0.25, -0.2) is 23.0 Å². The highest BCUT2D eigenvalue weighted by molar-refractivity contribution is 5.85. The molecule has 0 fully saturated rings. The van der Waals surface area contributed by atoms with Crippen molar-refractivity contribution in [2.24, 2.45) is 10.7 Å². The summed E-state index contributed by atoms with van der Waals surface area (Å²) >= 11 is 0. The van der Waals surface area contributed by atoms with E-state index in [-0.39, 0.29) is 29.2 Å². The molecule has 1 aromatic carbocycles. The van der Waals surface area contributed by atoms with E-state index in [9.17, 15) is 18.0 Å². The maximum atomic E-state index is 13.6. The maximum Gasteiger partial charge on any atom is 0.437 e. The van der Waals surface area contributed by atoms with E-state index >= 15 is 0 Å². The number of terminal acetylenes is 1. The number of nitrogens with two attached hydrogens (primary N) is 1. The smallest absolute Gasteiger partial charge is 0.435 e. The first kappa shape index (κ1) is 18.1. The van der Waals surface area contributed by atoms with Gasteiger partial charge in [-0.1, -0.05) is 12.8 Å². The predicted octanol–water partition coefficient (Wildman–Crippen LogP) is 2.77. The molecule has 0 saturated heterocycles. The molecule has 2 N–H and O–H groups in total. The van der Waals surface area contributed by atoms with Crippen LogP contribution in [0.3, 0.4) is 0 Å². The fraction of sp³-hybridized carbons (Fsp3) is 0.188. The van der Waals surface area contributed by atoms with E-state index in [0.717, 1.165) is 23.2 Å². The Hall–Kier alpha value is -3.28. The molecule has 0 bridgehead atoms. The van der Waals surface area contributed by atoms with Crippen LogP contribution in [0.2, 0.25) is 0 Å². The summed E-state index contributed by atoms with van der Waals surface area (Å²) in [5.74, 6) is -2.38. The standard InChI is InChI=1S/C16H13F3N4O2/c1-3-5-25-16(24)23-15(21-8-20)13(12(4-2)22-23)9-6-10(17)14(19)11(18)7-9/h1,6-8H,4-5H2,2H3,(H2,20,21). The number of benzene rings is 1. The summed E-state index contributed by atoms with van der Waals surface area (Å²) < 4.78 is 46.0. The van der Waals surface area contributed by atoms with Gasteiger partial charge in [-0.05, 0) is 24.1 Å². The molecule has 1 aromatic heterocycles. The summed E-state index contributed by atoms with van der Waals surface area (Å²) in [7, 11) is 0. The van der Waals surface area contributed by atoms with Gasteiger partial charge in [-0.15, -0.1) is 11.1 Å². The number of aliphatic imine (C=N–C) groups is 1. The molecule has 1 heterocycles. The molecular formula is C16H13F3N4O2. The first-order valence-corrected chi connectivity index (χ1v) is 7.06. The SMILES string of the molecule is C#CCOC(=O)n1nc(CC)c(-c2cc(F)c(F)c(F)c2)c1/N=C\N. The molecule has 0 atom stereocenters. The zero-order chi connectivity index (χ0) is 18.6. The lowest BCUT2D eigenvalue weighted by molar-refractivity contribution is 0.158. The van der Waals surface area contributed by atoms with Crippen molar-refractivity contribution in [1.82, 2.24) is 9.78 Å². The average molecular weight is 350 g/mol. The van der Waals surface area contributed by atoms with Crippen molar-refractivity contribution >= 4 is 18.2 Å². The van der Waals surface area contributed by atoms with Crippen molar-refractivity contribution in [3.05, 3.63) is 35.3 Å². The molecule has 2 aromatic rings. The van der Waals surface area contributed by atoms with Crippen LogP contribution >= 0.6 is 0 Å². The fourth-order valence-electron chi connectivity index (χ4n) is 2.18. The Labute approximate surface area is 141 Å². The van der Waals surface area contributed by atoms with Gasteiger partial charge in [0.05, 0.1) is 17.6 Å². The summed E-state index contributed by atoms with van der Waals surface area (Å²) in [5, 5.41) is 4.02. The van der Waals surface area contributed by atoms with Gasteiger partial charge < -0.3 is 10.5 Å². The summed E-state index contributed by atoms with van der Waals surface area (Å²) in [6.07, 6.45) is 5.25. The van der Waals surface area contributed by atoms with Gasteiger partial charge in [0.15, 0.2) is 29.9 Å². The van der Waals surface area contributed by atoms with Crippen molar-refractivity contribution in [2.45, 2.75) is 13.3 Å². The van der Waals surface area contributed by atoms with Crippen LogP contribution in [0.25, 0.3) is 11.1 Å². The van der Waals surface area contributed by atoms with Crippen LogP contribution in [-0.2, 0) is 11.2 Å². The molecule has 0 aliphatic carbocycles. The maximum absolute atomic E-state index is 13.6. The molecular weight excluding hydrogens is 337 g/mol. The van der Waals surface area contributed by atoms with Crippen LogP contribution in [0.4, 0.5) is 23.8 Å². The lowest BCUT2D eigenvalue weighted by Gasteiger charge is -2.06. The van der Waals surface area contributed by atoms with E-state index in [4.69, 9.17) is 16.9 Å². The number of carbonyl (C=O) groups is 1. The number of nitrogens with zero attached hydrogens (tertiary/aromatic N) is 3. The number of aromatic nitrogens is 2. The molecule has 2 rings (SSSR count). The second-order valence-corrected chi connectivity index (χ2v) is 4.70. The molecule has 0 aliphatic rings. The van der Waals surface area contributed by atoms with Crippen LogP contribution in [0.5, 0.6) is 0 Å². The molecule has 25 heavy (non-hydrogen) atoms. The Bertz CT molecular complexity index is 861. The second-order valence-electron chi connectivity index (χ2n) is 4.70. The molecule has 6 nitrogen and oxygen atoms in total. The highest BCUT2D eigenvalue weighted by Crippen LogP contribution is 2.35. The molecule has 0 unspecified atom stereocenters. The van der Waals surface area contributed by atoms with Crippen LogP contribution in [0, 0.1) is 29.8 Å². The van der Waals surface area contributed by atoms with E-state index in [1.54, 1.807) is 6.92 Å². The van der Waals surface area contributed by atoms with Gasteiger partial charge in [-0.2, -0.15) is 5.10 Å². The van der Waals surface area contributed by atoms with Gasteiger partial charge in [-0.3, -0.25) is 0 Å². The molecule has 0 amide bonds. The summed E-state index contributed by atoms with van der Waals surface area (Å²) in [6, 6.07) is 1.56. The van der Waals surface area contributed by atoms with Crippen LogP contribution in [0.1, 0.15) is 12.6 Å². The van der Waals surface area contributed by atoms with Crippen molar-refractivity contribution in [3.63, 3.8) is 0 Å². The first-order chi connectivity index (χ1) is 11.9. The molecule has 0 spiro atoms. The predicted molar refractivity (Wildman–Crippen MR) is 84.8 cm³/mol. The number of carbonyl (C=O) groups excluding carboxylic acids is 1. The van der Waals surface area contributed by atoms with Crippen LogP contribution in [0.15, 0.2) is 17.1 Å². The summed E-state index contributed by atoms with van der Waals surface area (Å²) in [6.45, 7) is 1.40. The number of rotatable bonds is 4. The van der Waals surface area contributed by atoms with Crippen LogP contribution in [-0.4, -0.2) is 28.8 Å². The van der Waals surface area contributed by atoms with Gasteiger partial charge in [0.2, 0.25) is 0 Å². The van der Waals surface area contributed by atoms with Crippen molar-refractivity contribution < 1.29 is 22.7 Å². The van der Waals surface area contributed by atoms with Crippen LogP contribution < -0.4 is 5.73 Å². The highest BCUT2D eigenvalue weighted by Gasteiger charge is 2.24. The third kappa shape index (κ3) is 3.47. The highest BCUT2D eigenvalue weighted by atomic mass is 19.2. The summed E-state index contributed by atoms with van der Waals surface area (Å²) in [4.78, 5) is 15.9.